The number of hydrogen-bond acceptors (Lipinski definition) is 4. The number of anilines is 2. The van der Waals surface area contributed by atoms with Gasteiger partial charge in [0.05, 0.1) is 25.4 Å². The molecule has 0 aliphatic carbocycles. The average molecular weight is 367 g/mol. The predicted molar refractivity (Wildman–Crippen MR) is 103 cm³/mol. The van der Waals surface area contributed by atoms with Crippen molar-refractivity contribution >= 4 is 23.2 Å². The minimum absolute atomic E-state index is 0.126. The number of para-hydroxylation sites is 1. The standard InChI is InChI=1S/C20H22N4O3/c1-14(20(26)23-18-7-5-4-6-15(18)12-21)24(2)13-19(25)22-16-8-10-17(27-3)11-9-16/h4-11,14H,13H2,1-3H3,(H,22,25)(H,23,26)/p+1/t14-/m1/s1. The fraction of sp³-hybridized carbons (Fsp3) is 0.250. The molecule has 7 heteroatoms. The lowest BCUT2D eigenvalue weighted by atomic mass is 10.2. The maximum atomic E-state index is 12.4. The van der Waals surface area contributed by atoms with Gasteiger partial charge >= 0.3 is 0 Å². The topological polar surface area (TPSA) is 95.7 Å². The summed E-state index contributed by atoms with van der Waals surface area (Å²) in [5, 5.41) is 14.6. The summed E-state index contributed by atoms with van der Waals surface area (Å²) in [4.78, 5) is 25.4. The molecule has 7 nitrogen and oxygen atoms in total. The maximum absolute atomic E-state index is 12.4. The van der Waals surface area contributed by atoms with Crippen molar-refractivity contribution in [1.82, 2.24) is 0 Å². The normalized spacial score (nSPS) is 12.4. The molecule has 0 saturated heterocycles. The smallest absolute Gasteiger partial charge is 0.282 e. The number of methoxy groups -OCH3 is 1. The number of likely N-dealkylation sites (N-methyl/N-ethyl adjacent to an activating group) is 1. The minimum Gasteiger partial charge on any atom is -0.497 e. The molecule has 0 aliphatic rings. The maximum Gasteiger partial charge on any atom is 0.282 e. The van der Waals surface area contributed by atoms with Gasteiger partial charge < -0.3 is 20.3 Å². The number of hydrogen-bond donors (Lipinski definition) is 3. The van der Waals surface area contributed by atoms with E-state index in [-0.39, 0.29) is 18.4 Å². The molecule has 2 atom stereocenters. The van der Waals surface area contributed by atoms with E-state index >= 15 is 0 Å². The Labute approximate surface area is 158 Å². The highest BCUT2D eigenvalue weighted by Gasteiger charge is 2.24. The molecule has 0 fully saturated rings. The summed E-state index contributed by atoms with van der Waals surface area (Å²) >= 11 is 0. The Morgan fingerprint density at radius 1 is 1.15 bits per heavy atom. The van der Waals surface area contributed by atoms with Crippen LogP contribution in [0.4, 0.5) is 11.4 Å². The molecule has 0 aliphatic heterocycles. The molecule has 0 aromatic heterocycles. The van der Waals surface area contributed by atoms with Gasteiger partial charge in [0.2, 0.25) is 0 Å². The highest BCUT2D eigenvalue weighted by atomic mass is 16.5. The first-order chi connectivity index (χ1) is 12.9. The summed E-state index contributed by atoms with van der Waals surface area (Å²) < 4.78 is 5.08. The van der Waals surface area contributed by atoms with Crippen LogP contribution in [0, 0.1) is 11.3 Å². The van der Waals surface area contributed by atoms with Gasteiger partial charge in [0.1, 0.15) is 11.8 Å². The van der Waals surface area contributed by atoms with Gasteiger partial charge in [0.15, 0.2) is 12.6 Å². The van der Waals surface area contributed by atoms with Crippen molar-refractivity contribution in [3.63, 3.8) is 0 Å². The SMILES string of the molecule is COc1ccc(NC(=O)C[NH+](C)[C@H](C)C(=O)Nc2ccccc2C#N)cc1. The second-order valence-electron chi connectivity index (χ2n) is 6.17. The molecule has 0 bridgehead atoms. The first-order valence-electron chi connectivity index (χ1n) is 8.50. The van der Waals surface area contributed by atoms with Crippen molar-refractivity contribution in [2.45, 2.75) is 13.0 Å². The first kappa shape index (κ1) is 19.9. The lowest BCUT2D eigenvalue weighted by molar-refractivity contribution is -0.885. The van der Waals surface area contributed by atoms with Gasteiger partial charge in [0, 0.05) is 5.69 Å². The summed E-state index contributed by atoms with van der Waals surface area (Å²) in [6.45, 7) is 1.86. The van der Waals surface area contributed by atoms with Crippen LogP contribution in [0.5, 0.6) is 5.75 Å². The van der Waals surface area contributed by atoms with Gasteiger partial charge in [-0.2, -0.15) is 5.26 Å². The Balaban J connectivity index is 1.91. The molecule has 1 unspecified atom stereocenters. The van der Waals surface area contributed by atoms with Gasteiger partial charge in [-0.25, -0.2) is 0 Å². The van der Waals surface area contributed by atoms with Crippen molar-refractivity contribution in [2.75, 3.05) is 31.3 Å². The molecule has 2 amide bonds. The van der Waals surface area contributed by atoms with Crippen LogP contribution in [-0.2, 0) is 9.59 Å². The summed E-state index contributed by atoms with van der Waals surface area (Å²) in [6, 6.07) is 15.4. The highest BCUT2D eigenvalue weighted by molar-refractivity contribution is 5.95. The molecule has 2 aromatic carbocycles. The van der Waals surface area contributed by atoms with Crippen LogP contribution in [-0.4, -0.2) is 38.6 Å². The Morgan fingerprint density at radius 2 is 1.81 bits per heavy atom. The molecule has 0 radical (unpaired) electrons. The van der Waals surface area contributed by atoms with E-state index in [9.17, 15) is 9.59 Å². The number of nitrogens with zero attached hydrogens (tertiary/aromatic N) is 1. The monoisotopic (exact) mass is 367 g/mol. The van der Waals surface area contributed by atoms with Crippen LogP contribution in [0.1, 0.15) is 12.5 Å². The summed E-state index contributed by atoms with van der Waals surface area (Å²) in [6.07, 6.45) is 0. The van der Waals surface area contributed by atoms with Crippen LogP contribution >= 0.6 is 0 Å². The fourth-order valence-electron chi connectivity index (χ4n) is 2.44. The van der Waals surface area contributed by atoms with E-state index in [1.165, 1.54) is 0 Å². The lowest BCUT2D eigenvalue weighted by Crippen LogP contribution is -3.14. The van der Waals surface area contributed by atoms with E-state index < -0.39 is 6.04 Å². The molecule has 27 heavy (non-hydrogen) atoms. The van der Waals surface area contributed by atoms with E-state index in [1.54, 1.807) is 69.6 Å². The third-order valence-corrected chi connectivity index (χ3v) is 4.25. The largest absolute Gasteiger partial charge is 0.497 e. The van der Waals surface area contributed by atoms with Gasteiger partial charge in [-0.3, -0.25) is 9.59 Å². The number of ether oxygens (including phenoxy) is 1. The van der Waals surface area contributed by atoms with Gasteiger partial charge in [-0.15, -0.1) is 0 Å². The van der Waals surface area contributed by atoms with E-state index in [1.807, 2.05) is 6.07 Å². The fourth-order valence-corrected chi connectivity index (χ4v) is 2.44. The third-order valence-electron chi connectivity index (χ3n) is 4.25. The van der Waals surface area contributed by atoms with Crippen molar-refractivity contribution in [1.29, 1.82) is 5.26 Å². The van der Waals surface area contributed by atoms with Gasteiger partial charge in [0.25, 0.3) is 11.8 Å². The molecular formula is C20H23N4O3+. The molecule has 0 saturated carbocycles. The van der Waals surface area contributed by atoms with Crippen molar-refractivity contribution in [3.8, 4) is 11.8 Å². The Kier molecular flexibility index (Phi) is 6.92. The second kappa shape index (κ2) is 9.36. The van der Waals surface area contributed by atoms with Gasteiger partial charge in [-0.05, 0) is 43.3 Å². The van der Waals surface area contributed by atoms with Crippen molar-refractivity contribution in [2.24, 2.45) is 0 Å². The van der Waals surface area contributed by atoms with E-state index in [0.29, 0.717) is 22.7 Å². The van der Waals surface area contributed by atoms with Crippen molar-refractivity contribution in [3.05, 3.63) is 54.1 Å². The number of amides is 2. The molecule has 140 valence electrons. The third kappa shape index (κ3) is 5.56. The summed E-state index contributed by atoms with van der Waals surface area (Å²) in [5.74, 6) is 0.251. The number of carbonyl (C=O) groups is 2. The number of benzene rings is 2. The zero-order valence-corrected chi connectivity index (χ0v) is 15.6. The van der Waals surface area contributed by atoms with Gasteiger partial charge in [-0.1, -0.05) is 12.1 Å². The second-order valence-corrected chi connectivity index (χ2v) is 6.17. The van der Waals surface area contributed by atoms with E-state index in [2.05, 4.69) is 10.6 Å². The number of quaternary nitrogens is 1. The number of rotatable bonds is 7. The molecule has 0 spiro atoms. The van der Waals surface area contributed by atoms with Crippen LogP contribution in [0.3, 0.4) is 0 Å². The Bertz CT molecular complexity index is 843. The summed E-state index contributed by atoms with van der Waals surface area (Å²) in [5.41, 5.74) is 1.52. The average Bonchev–Trinajstić information content (AvgIpc) is 2.68. The lowest BCUT2D eigenvalue weighted by Gasteiger charge is -2.21. The van der Waals surface area contributed by atoms with Crippen molar-refractivity contribution < 1.29 is 19.2 Å². The summed E-state index contributed by atoms with van der Waals surface area (Å²) in [7, 11) is 3.35. The predicted octanol–water partition coefficient (Wildman–Crippen LogP) is 1.05. The molecule has 3 N–H and O–H groups in total. The number of nitriles is 1. The van der Waals surface area contributed by atoms with Crippen LogP contribution in [0.2, 0.25) is 0 Å². The minimum atomic E-state index is -0.474. The Hall–Kier alpha value is -3.37. The number of nitrogens with one attached hydrogen (secondary N) is 3. The van der Waals surface area contributed by atoms with Crippen LogP contribution < -0.4 is 20.3 Å². The van der Waals surface area contributed by atoms with Crippen LogP contribution in [0.25, 0.3) is 0 Å². The van der Waals surface area contributed by atoms with E-state index in [4.69, 9.17) is 10.00 Å². The molecular weight excluding hydrogens is 344 g/mol. The van der Waals surface area contributed by atoms with E-state index in [0.717, 1.165) is 4.90 Å². The zero-order chi connectivity index (χ0) is 19.8. The molecule has 0 heterocycles. The highest BCUT2D eigenvalue weighted by Crippen LogP contribution is 2.15. The zero-order valence-electron chi connectivity index (χ0n) is 15.6. The van der Waals surface area contributed by atoms with Crippen LogP contribution in [0.15, 0.2) is 48.5 Å². The quantitative estimate of drug-likeness (QED) is 0.682. The Morgan fingerprint density at radius 3 is 2.44 bits per heavy atom. The molecule has 2 aromatic rings. The number of carbonyl (C=O) groups excluding carboxylic acids is 2. The first-order valence-corrected chi connectivity index (χ1v) is 8.50. The molecule has 2 rings (SSSR count).